The van der Waals surface area contributed by atoms with Crippen molar-refractivity contribution < 1.29 is 11.3 Å². The first-order valence-corrected chi connectivity index (χ1v) is 17.7. The summed E-state index contributed by atoms with van der Waals surface area (Å²) in [6.07, 6.45) is 0. The van der Waals surface area contributed by atoms with E-state index < -0.39 is 18.1 Å². The number of benzene rings is 8. The number of hydrogen-bond acceptors (Lipinski definition) is 4. The number of hydrogen-bond donors (Lipinski definition) is 0. The Bertz CT molecular complexity index is 3440. The zero-order chi connectivity index (χ0) is 39.9. The summed E-state index contributed by atoms with van der Waals surface area (Å²) in [6.45, 7) is 0. The van der Waals surface area contributed by atoms with E-state index in [0.29, 0.717) is 39.8 Å². The lowest BCUT2D eigenvalue weighted by Crippen LogP contribution is -2.02. The third kappa shape index (κ3) is 4.83. The molecule has 3 heterocycles. The van der Waals surface area contributed by atoms with Crippen molar-refractivity contribution >= 4 is 54.5 Å². The van der Waals surface area contributed by atoms with Gasteiger partial charge in [-0.15, -0.1) is 0 Å². The van der Waals surface area contributed by atoms with Gasteiger partial charge in [-0.3, -0.25) is 0 Å². The molecule has 0 saturated carbocycles. The van der Waals surface area contributed by atoms with Crippen LogP contribution in [0.2, 0.25) is 0 Å². The Balaban J connectivity index is 1.24. The average molecular weight is 696 g/mol. The fourth-order valence-electron chi connectivity index (χ4n) is 7.66. The molecule has 8 aromatic carbocycles. The van der Waals surface area contributed by atoms with Gasteiger partial charge in [0.05, 0.1) is 23.5 Å². The van der Waals surface area contributed by atoms with Crippen LogP contribution in [0.1, 0.15) is 6.85 Å². The molecule has 252 valence electrons. The van der Waals surface area contributed by atoms with Crippen molar-refractivity contribution in [1.82, 2.24) is 19.5 Å². The number of para-hydroxylation sites is 2. The fourth-order valence-corrected chi connectivity index (χ4v) is 7.66. The molecule has 11 rings (SSSR count). The van der Waals surface area contributed by atoms with Crippen LogP contribution in [-0.4, -0.2) is 19.5 Å². The molecule has 0 bridgehead atoms. The highest BCUT2D eigenvalue weighted by atomic mass is 16.3. The summed E-state index contributed by atoms with van der Waals surface area (Å²) >= 11 is 0. The van der Waals surface area contributed by atoms with Gasteiger partial charge in [-0.2, -0.15) is 0 Å². The second-order valence-electron chi connectivity index (χ2n) is 13.3. The highest BCUT2D eigenvalue weighted by Crippen LogP contribution is 2.41. The molecule has 0 atom stereocenters. The van der Waals surface area contributed by atoms with E-state index in [1.54, 1.807) is 12.1 Å². The maximum Gasteiger partial charge on any atom is 0.167 e. The van der Waals surface area contributed by atoms with E-state index in [9.17, 15) is 0 Å². The van der Waals surface area contributed by atoms with E-state index in [1.165, 1.54) is 0 Å². The van der Waals surface area contributed by atoms with Crippen molar-refractivity contribution in [2.45, 2.75) is 0 Å². The second-order valence-corrected chi connectivity index (χ2v) is 13.3. The molecule has 54 heavy (non-hydrogen) atoms. The van der Waals surface area contributed by atoms with Crippen LogP contribution in [0.4, 0.5) is 0 Å². The molecule has 0 unspecified atom stereocenters. The van der Waals surface area contributed by atoms with E-state index in [0.717, 1.165) is 60.2 Å². The molecular weight excluding hydrogens is 661 g/mol. The van der Waals surface area contributed by atoms with Crippen LogP contribution in [0, 0.1) is 0 Å². The quantitative estimate of drug-likeness (QED) is 0.180. The smallest absolute Gasteiger partial charge is 0.167 e. The van der Waals surface area contributed by atoms with Crippen molar-refractivity contribution in [3.63, 3.8) is 0 Å². The highest BCUT2D eigenvalue weighted by molar-refractivity contribution is 6.13. The monoisotopic (exact) mass is 695 g/mol. The van der Waals surface area contributed by atoms with Crippen LogP contribution in [-0.2, 0) is 0 Å². The molecule has 11 aromatic rings. The number of rotatable bonds is 5. The first-order valence-electron chi connectivity index (χ1n) is 20.2. The van der Waals surface area contributed by atoms with Gasteiger partial charge in [-0.05, 0) is 58.3 Å². The number of furan rings is 1. The standard InChI is InChI=1S/C49H30N4O/c1-3-14-31(15-4-1)34-26-27-39-41-29-35(53-43-24-11-9-21-37(43)38-22-10-12-25-44(38)53)30-42(46(41)54-45(39)28-34)49-51-47(33-17-5-2-6-18-33)50-48(52-49)40-23-13-19-32-16-7-8-20-36(32)40/h1-30H/i1D,3D,4D,14D,15D. The molecule has 0 saturated heterocycles. The van der Waals surface area contributed by atoms with Gasteiger partial charge < -0.3 is 8.98 Å². The summed E-state index contributed by atoms with van der Waals surface area (Å²) in [5.41, 5.74) is 6.85. The van der Waals surface area contributed by atoms with Gasteiger partial charge in [0.15, 0.2) is 17.5 Å². The van der Waals surface area contributed by atoms with Gasteiger partial charge in [-0.1, -0.05) is 145 Å². The Kier molecular flexibility index (Phi) is 5.73. The van der Waals surface area contributed by atoms with Crippen molar-refractivity contribution in [1.29, 1.82) is 0 Å². The van der Waals surface area contributed by atoms with E-state index in [2.05, 4.69) is 71.3 Å². The van der Waals surface area contributed by atoms with Crippen molar-refractivity contribution in [2.75, 3.05) is 0 Å². The minimum absolute atomic E-state index is 0.106. The maximum atomic E-state index is 8.68. The van der Waals surface area contributed by atoms with Crippen LogP contribution in [0.25, 0.3) is 105 Å². The average Bonchev–Trinajstić information content (AvgIpc) is 3.83. The third-order valence-electron chi connectivity index (χ3n) is 10.1. The summed E-state index contributed by atoms with van der Waals surface area (Å²) in [5.74, 6) is 1.44. The number of nitrogens with zero attached hydrogens (tertiary/aromatic N) is 4. The van der Waals surface area contributed by atoms with Gasteiger partial charge in [0.25, 0.3) is 0 Å². The molecule has 3 aromatic heterocycles. The van der Waals surface area contributed by atoms with Crippen LogP contribution in [0.15, 0.2) is 186 Å². The summed E-state index contributed by atoms with van der Waals surface area (Å²) in [5, 5.41) is 5.90. The number of aromatic nitrogens is 4. The lowest BCUT2D eigenvalue weighted by Gasteiger charge is -2.13. The fraction of sp³-hybridized carbons (Fsp3) is 0. The molecular formula is C49H30N4O. The minimum Gasteiger partial charge on any atom is -0.455 e. The van der Waals surface area contributed by atoms with Crippen molar-refractivity contribution in [3.05, 3.63) is 182 Å². The lowest BCUT2D eigenvalue weighted by molar-refractivity contribution is 0.669. The third-order valence-corrected chi connectivity index (χ3v) is 10.1. The van der Waals surface area contributed by atoms with E-state index in [4.69, 9.17) is 26.2 Å². The first-order chi connectivity index (χ1) is 28.8. The summed E-state index contributed by atoms with van der Waals surface area (Å²) < 4.78 is 51.2. The Morgan fingerprint density at radius 3 is 1.87 bits per heavy atom. The van der Waals surface area contributed by atoms with Crippen LogP contribution >= 0.6 is 0 Å². The lowest BCUT2D eigenvalue weighted by atomic mass is 10.0. The van der Waals surface area contributed by atoms with E-state index in [1.807, 2.05) is 72.8 Å². The highest BCUT2D eigenvalue weighted by Gasteiger charge is 2.22. The maximum absolute atomic E-state index is 8.68. The van der Waals surface area contributed by atoms with E-state index in [-0.39, 0.29) is 17.6 Å². The molecule has 0 aliphatic rings. The van der Waals surface area contributed by atoms with Crippen LogP contribution in [0.3, 0.4) is 0 Å². The topological polar surface area (TPSA) is 56.7 Å². The zero-order valence-electron chi connectivity index (χ0n) is 33.6. The second kappa shape index (κ2) is 12.1. The molecule has 0 radical (unpaired) electrons. The molecule has 0 spiro atoms. The predicted octanol–water partition coefficient (Wildman–Crippen LogP) is 12.7. The largest absolute Gasteiger partial charge is 0.455 e. The number of fused-ring (bicyclic) bond motifs is 7. The van der Waals surface area contributed by atoms with Gasteiger partial charge in [0.2, 0.25) is 0 Å². The summed E-state index contributed by atoms with van der Waals surface area (Å²) in [6, 6.07) is 48.7. The molecule has 5 heteroatoms. The molecule has 0 aliphatic carbocycles. The van der Waals surface area contributed by atoms with Gasteiger partial charge in [0, 0.05) is 38.4 Å². The van der Waals surface area contributed by atoms with E-state index >= 15 is 0 Å². The minimum atomic E-state index is -0.439. The van der Waals surface area contributed by atoms with Crippen LogP contribution < -0.4 is 0 Å². The molecule has 5 nitrogen and oxygen atoms in total. The SMILES string of the molecule is [2H]c1c([2H])c([2H])c(-c2ccc3c(c2)oc2c(-c4nc(-c5ccccc5)nc(-c5cccc6ccccc56)n4)cc(-n4c5ccccc5c5ccccc54)cc23)c([2H])c1[2H]. The normalized spacial score (nSPS) is 13.0. The first kappa shape index (κ1) is 25.6. The predicted molar refractivity (Wildman–Crippen MR) is 221 cm³/mol. The van der Waals surface area contributed by atoms with Crippen molar-refractivity contribution in [3.8, 4) is 51.0 Å². The Morgan fingerprint density at radius 2 is 1.09 bits per heavy atom. The van der Waals surface area contributed by atoms with Crippen LogP contribution in [0.5, 0.6) is 0 Å². The Labute approximate surface area is 317 Å². The molecule has 0 amide bonds. The summed E-state index contributed by atoms with van der Waals surface area (Å²) in [4.78, 5) is 15.5. The molecule has 0 aliphatic heterocycles. The van der Waals surface area contributed by atoms with Gasteiger partial charge in [-0.25, -0.2) is 15.0 Å². The molecule has 0 N–H and O–H groups in total. The summed E-state index contributed by atoms with van der Waals surface area (Å²) in [7, 11) is 0. The Morgan fingerprint density at radius 1 is 0.444 bits per heavy atom. The zero-order valence-corrected chi connectivity index (χ0v) is 28.6. The van der Waals surface area contributed by atoms with Gasteiger partial charge >= 0.3 is 0 Å². The Hall–Kier alpha value is -7.37. The van der Waals surface area contributed by atoms with Gasteiger partial charge in [0.1, 0.15) is 11.2 Å². The van der Waals surface area contributed by atoms with Crippen molar-refractivity contribution in [2.24, 2.45) is 0 Å². The molecule has 0 fully saturated rings.